The molecule has 1 atom stereocenters. The summed E-state index contributed by atoms with van der Waals surface area (Å²) in [5.41, 5.74) is 3.85. The van der Waals surface area contributed by atoms with Crippen LogP contribution in [0.15, 0.2) is 48.5 Å². The van der Waals surface area contributed by atoms with Crippen LogP contribution in [0.2, 0.25) is 5.02 Å². The zero-order valence-electron chi connectivity index (χ0n) is 14.9. The Morgan fingerprint density at radius 3 is 2.68 bits per heavy atom. The van der Waals surface area contributed by atoms with Gasteiger partial charge in [0, 0.05) is 18.0 Å². The highest BCUT2D eigenvalue weighted by atomic mass is 35.5. The summed E-state index contributed by atoms with van der Waals surface area (Å²) in [6, 6.07) is 16.6. The van der Waals surface area contributed by atoms with Crippen LogP contribution in [0.4, 0.5) is 0 Å². The molecule has 0 spiro atoms. The molecule has 0 bridgehead atoms. The zero-order valence-corrected chi connectivity index (χ0v) is 15.6. The van der Waals surface area contributed by atoms with Gasteiger partial charge in [-0.2, -0.15) is 0 Å². The third-order valence-electron chi connectivity index (χ3n) is 5.04. The summed E-state index contributed by atoms with van der Waals surface area (Å²) in [6.07, 6.45) is 5.92. The maximum absolute atomic E-state index is 13.0. The van der Waals surface area contributed by atoms with Crippen molar-refractivity contribution < 1.29 is 4.79 Å². The molecule has 0 heterocycles. The third kappa shape index (κ3) is 4.43. The highest BCUT2D eigenvalue weighted by Crippen LogP contribution is 2.35. The third-order valence-corrected chi connectivity index (χ3v) is 5.30. The number of carbonyl (C=O) groups excluding carboxylic acids is 1. The van der Waals surface area contributed by atoms with Gasteiger partial charge in [-0.3, -0.25) is 4.79 Å². The first-order valence-electron chi connectivity index (χ1n) is 9.30. The van der Waals surface area contributed by atoms with E-state index >= 15 is 0 Å². The van der Waals surface area contributed by atoms with Crippen LogP contribution in [0, 0.1) is 0 Å². The summed E-state index contributed by atoms with van der Waals surface area (Å²) < 4.78 is 0. The van der Waals surface area contributed by atoms with E-state index in [2.05, 4.69) is 36.1 Å². The zero-order chi connectivity index (χ0) is 17.6. The molecule has 2 aromatic carbocycles. The first-order chi connectivity index (χ1) is 12.2. The van der Waals surface area contributed by atoms with Crippen molar-refractivity contribution >= 4 is 17.5 Å². The SMILES string of the molecule is CCCCC(=O)N(Cc1ccc(Cl)cc1)C1CCCc2ccccc21. The first-order valence-corrected chi connectivity index (χ1v) is 9.68. The van der Waals surface area contributed by atoms with Crippen LogP contribution in [0.1, 0.15) is 61.8 Å². The topological polar surface area (TPSA) is 20.3 Å². The molecule has 25 heavy (non-hydrogen) atoms. The number of amides is 1. The van der Waals surface area contributed by atoms with Crippen LogP contribution in [-0.2, 0) is 17.8 Å². The number of aryl methyl sites for hydroxylation is 1. The Labute approximate surface area is 155 Å². The molecular formula is C22H26ClNO. The van der Waals surface area contributed by atoms with Crippen molar-refractivity contribution in [1.82, 2.24) is 4.90 Å². The first kappa shape index (κ1) is 18.0. The lowest BCUT2D eigenvalue weighted by atomic mass is 9.86. The Morgan fingerprint density at radius 1 is 1.16 bits per heavy atom. The van der Waals surface area contributed by atoms with E-state index in [1.165, 1.54) is 11.1 Å². The average Bonchev–Trinajstić information content (AvgIpc) is 2.65. The summed E-state index contributed by atoms with van der Waals surface area (Å²) in [4.78, 5) is 15.1. The Morgan fingerprint density at radius 2 is 1.92 bits per heavy atom. The predicted octanol–water partition coefficient (Wildman–Crippen LogP) is 5.94. The Bertz CT molecular complexity index is 710. The molecule has 3 heteroatoms. The van der Waals surface area contributed by atoms with Crippen molar-refractivity contribution in [2.24, 2.45) is 0 Å². The molecule has 0 aliphatic heterocycles. The standard InChI is InChI=1S/C22H26ClNO/c1-2-3-11-22(25)24(16-17-12-14-19(23)15-13-17)21-10-6-8-18-7-4-5-9-20(18)21/h4-5,7,9,12-15,21H,2-3,6,8,10-11,16H2,1H3. The van der Waals surface area contributed by atoms with Gasteiger partial charge in [0.15, 0.2) is 0 Å². The highest BCUT2D eigenvalue weighted by Gasteiger charge is 2.28. The van der Waals surface area contributed by atoms with Gasteiger partial charge in [-0.15, -0.1) is 0 Å². The molecule has 0 saturated heterocycles. The summed E-state index contributed by atoms with van der Waals surface area (Å²) in [7, 11) is 0. The van der Waals surface area contributed by atoms with E-state index in [0.717, 1.165) is 42.7 Å². The summed E-state index contributed by atoms with van der Waals surface area (Å²) in [6.45, 7) is 2.78. The summed E-state index contributed by atoms with van der Waals surface area (Å²) in [5.74, 6) is 0.263. The van der Waals surface area contributed by atoms with E-state index in [9.17, 15) is 4.79 Å². The minimum atomic E-state index is 0.185. The predicted molar refractivity (Wildman–Crippen MR) is 104 cm³/mol. The molecule has 1 aliphatic carbocycles. The van der Waals surface area contributed by atoms with E-state index in [0.29, 0.717) is 13.0 Å². The van der Waals surface area contributed by atoms with E-state index < -0.39 is 0 Å². The van der Waals surface area contributed by atoms with Crippen molar-refractivity contribution in [2.75, 3.05) is 0 Å². The second-order valence-electron chi connectivity index (χ2n) is 6.86. The molecule has 132 valence electrons. The number of unbranched alkanes of at least 4 members (excludes halogenated alkanes) is 1. The molecule has 0 saturated carbocycles. The van der Waals surface area contributed by atoms with Crippen LogP contribution in [-0.4, -0.2) is 10.8 Å². The van der Waals surface area contributed by atoms with Crippen LogP contribution >= 0.6 is 11.6 Å². The fourth-order valence-corrected chi connectivity index (χ4v) is 3.81. The molecule has 0 aromatic heterocycles. The normalized spacial score (nSPS) is 16.3. The molecule has 1 aliphatic rings. The second-order valence-corrected chi connectivity index (χ2v) is 7.29. The summed E-state index contributed by atoms with van der Waals surface area (Å²) in [5, 5.41) is 0.732. The highest BCUT2D eigenvalue weighted by molar-refractivity contribution is 6.30. The maximum atomic E-state index is 13.0. The number of benzene rings is 2. The minimum absolute atomic E-state index is 0.185. The van der Waals surface area contributed by atoms with Gasteiger partial charge in [-0.05, 0) is 54.5 Å². The van der Waals surface area contributed by atoms with E-state index in [-0.39, 0.29) is 11.9 Å². The lowest BCUT2D eigenvalue weighted by molar-refractivity contribution is -0.135. The molecule has 2 aromatic rings. The molecule has 0 N–H and O–H groups in total. The lowest BCUT2D eigenvalue weighted by Crippen LogP contribution is -2.36. The average molecular weight is 356 g/mol. The molecule has 2 nitrogen and oxygen atoms in total. The number of rotatable bonds is 6. The fourth-order valence-electron chi connectivity index (χ4n) is 3.68. The summed E-state index contributed by atoms with van der Waals surface area (Å²) >= 11 is 6.01. The Balaban J connectivity index is 1.88. The molecule has 0 radical (unpaired) electrons. The van der Waals surface area contributed by atoms with Crippen LogP contribution in [0.3, 0.4) is 0 Å². The van der Waals surface area contributed by atoms with Gasteiger partial charge in [0.25, 0.3) is 0 Å². The van der Waals surface area contributed by atoms with Gasteiger partial charge < -0.3 is 4.90 Å². The number of halogens is 1. The number of hydrogen-bond donors (Lipinski definition) is 0. The van der Waals surface area contributed by atoms with Gasteiger partial charge >= 0.3 is 0 Å². The second kappa shape index (κ2) is 8.53. The Kier molecular flexibility index (Phi) is 6.14. The quantitative estimate of drug-likeness (QED) is 0.628. The number of nitrogens with zero attached hydrogens (tertiary/aromatic N) is 1. The van der Waals surface area contributed by atoms with Gasteiger partial charge in [0.1, 0.15) is 0 Å². The Hall–Kier alpha value is -1.80. The van der Waals surface area contributed by atoms with Crippen LogP contribution < -0.4 is 0 Å². The lowest BCUT2D eigenvalue weighted by Gasteiger charge is -2.36. The molecular weight excluding hydrogens is 330 g/mol. The van der Waals surface area contributed by atoms with Crippen molar-refractivity contribution in [3.05, 3.63) is 70.2 Å². The molecule has 0 fully saturated rings. The van der Waals surface area contributed by atoms with Crippen LogP contribution in [0.5, 0.6) is 0 Å². The van der Waals surface area contributed by atoms with E-state index in [1.807, 2.05) is 24.3 Å². The van der Waals surface area contributed by atoms with E-state index in [1.54, 1.807) is 0 Å². The smallest absolute Gasteiger partial charge is 0.223 e. The maximum Gasteiger partial charge on any atom is 0.223 e. The van der Waals surface area contributed by atoms with Crippen LogP contribution in [0.25, 0.3) is 0 Å². The minimum Gasteiger partial charge on any atom is -0.331 e. The molecule has 1 amide bonds. The van der Waals surface area contributed by atoms with Crippen molar-refractivity contribution in [1.29, 1.82) is 0 Å². The molecule has 1 unspecified atom stereocenters. The molecule has 3 rings (SSSR count). The largest absolute Gasteiger partial charge is 0.331 e. The van der Waals surface area contributed by atoms with Crippen molar-refractivity contribution in [3.8, 4) is 0 Å². The fraction of sp³-hybridized carbons (Fsp3) is 0.409. The van der Waals surface area contributed by atoms with E-state index in [4.69, 9.17) is 11.6 Å². The van der Waals surface area contributed by atoms with Crippen molar-refractivity contribution in [2.45, 2.75) is 58.0 Å². The van der Waals surface area contributed by atoms with Gasteiger partial charge in [-0.25, -0.2) is 0 Å². The van der Waals surface area contributed by atoms with Gasteiger partial charge in [-0.1, -0.05) is 61.3 Å². The number of hydrogen-bond acceptors (Lipinski definition) is 1. The number of fused-ring (bicyclic) bond motifs is 1. The van der Waals surface area contributed by atoms with Gasteiger partial charge in [0.05, 0.1) is 6.04 Å². The monoisotopic (exact) mass is 355 g/mol. The number of carbonyl (C=O) groups is 1. The van der Waals surface area contributed by atoms with Gasteiger partial charge in [0.2, 0.25) is 5.91 Å². The van der Waals surface area contributed by atoms with Crippen molar-refractivity contribution in [3.63, 3.8) is 0 Å².